The number of aryl methyl sites for hydroxylation is 2. The van der Waals surface area contributed by atoms with E-state index in [9.17, 15) is 14.4 Å². The summed E-state index contributed by atoms with van der Waals surface area (Å²) in [6.07, 6.45) is 3.66. The molecule has 10 heteroatoms. The number of carbonyl (C=O) groups is 2. The number of H-pyrrole nitrogens is 1. The highest BCUT2D eigenvalue weighted by molar-refractivity contribution is 7.18. The molecule has 1 aliphatic carbocycles. The van der Waals surface area contributed by atoms with Crippen molar-refractivity contribution < 1.29 is 19.1 Å². The molecule has 0 saturated heterocycles. The molecule has 0 aromatic carbocycles. The summed E-state index contributed by atoms with van der Waals surface area (Å²) in [5.74, 6) is -1.33. The van der Waals surface area contributed by atoms with Crippen LogP contribution in [-0.4, -0.2) is 41.8 Å². The van der Waals surface area contributed by atoms with Crippen molar-refractivity contribution in [2.45, 2.75) is 32.1 Å². The number of nitrogens with one attached hydrogen (secondary N) is 2. The third-order valence-electron chi connectivity index (χ3n) is 4.08. The first kappa shape index (κ1) is 18.1. The minimum absolute atomic E-state index is 0.0902. The topological polar surface area (TPSA) is 123 Å². The molecule has 0 radical (unpaired) electrons. The summed E-state index contributed by atoms with van der Waals surface area (Å²) < 4.78 is 9.11. The second kappa shape index (κ2) is 7.65. The molecule has 2 aromatic heterocycles. The summed E-state index contributed by atoms with van der Waals surface area (Å²) in [6.45, 7) is 0. The van der Waals surface area contributed by atoms with Crippen molar-refractivity contribution in [1.82, 2.24) is 9.97 Å². The van der Waals surface area contributed by atoms with Gasteiger partial charge < -0.3 is 9.47 Å². The van der Waals surface area contributed by atoms with Crippen LogP contribution in [0, 0.1) is 0 Å². The predicted octanol–water partition coefficient (Wildman–Crippen LogP) is 1.37. The Bertz CT molecular complexity index is 946. The van der Waals surface area contributed by atoms with E-state index < -0.39 is 11.9 Å². The lowest BCUT2D eigenvalue weighted by Gasteiger charge is -2.09. The number of nitrogens with zero attached hydrogens (tertiary/aromatic N) is 2. The van der Waals surface area contributed by atoms with Gasteiger partial charge in [-0.1, -0.05) is 0 Å². The van der Waals surface area contributed by atoms with Crippen molar-refractivity contribution >= 4 is 45.2 Å². The molecule has 2 aromatic rings. The highest BCUT2D eigenvalue weighted by Crippen LogP contribution is 2.33. The molecule has 3 rings (SSSR count). The molecular weight excluding hydrogens is 360 g/mol. The molecule has 138 valence electrons. The van der Waals surface area contributed by atoms with Crippen LogP contribution in [0.1, 0.15) is 29.7 Å². The first-order chi connectivity index (χ1) is 12.5. The lowest BCUT2D eigenvalue weighted by Crippen LogP contribution is -2.22. The van der Waals surface area contributed by atoms with Gasteiger partial charge in [0.25, 0.3) is 5.56 Å². The van der Waals surface area contributed by atoms with E-state index in [1.165, 1.54) is 30.4 Å². The highest BCUT2D eigenvalue weighted by atomic mass is 32.1. The number of fused-ring (bicyclic) bond motifs is 3. The van der Waals surface area contributed by atoms with E-state index >= 15 is 0 Å². The van der Waals surface area contributed by atoms with Gasteiger partial charge >= 0.3 is 11.9 Å². The normalized spacial score (nSPS) is 14.0. The quantitative estimate of drug-likeness (QED) is 0.457. The minimum Gasteiger partial charge on any atom is -0.469 e. The molecular formula is C16H18N4O5S. The second-order valence-corrected chi connectivity index (χ2v) is 6.80. The molecule has 0 aliphatic heterocycles. The molecule has 0 fully saturated rings. The average molecular weight is 378 g/mol. The van der Waals surface area contributed by atoms with Crippen molar-refractivity contribution in [3.05, 3.63) is 20.8 Å². The SMILES string of the molecule is COC(=O)CC(=NNc1nc2sc3c(c2c(=O)[nH]1)CCCC3)C(=O)OC. The Balaban J connectivity index is 1.91. The summed E-state index contributed by atoms with van der Waals surface area (Å²) in [5, 5.41) is 4.47. The van der Waals surface area contributed by atoms with Gasteiger partial charge in [0.1, 0.15) is 4.83 Å². The van der Waals surface area contributed by atoms with Gasteiger partial charge in [0.2, 0.25) is 5.95 Å². The number of aromatic amines is 1. The third kappa shape index (κ3) is 3.59. The molecule has 0 saturated carbocycles. The number of hydrogen-bond donors (Lipinski definition) is 2. The van der Waals surface area contributed by atoms with Gasteiger partial charge in [-0.2, -0.15) is 5.10 Å². The van der Waals surface area contributed by atoms with Crippen LogP contribution in [0.3, 0.4) is 0 Å². The predicted molar refractivity (Wildman–Crippen MR) is 96.6 cm³/mol. The summed E-state index contributed by atoms with van der Waals surface area (Å²) >= 11 is 1.50. The fraction of sp³-hybridized carbons (Fsp3) is 0.438. The van der Waals surface area contributed by atoms with E-state index in [0.717, 1.165) is 31.2 Å². The summed E-state index contributed by atoms with van der Waals surface area (Å²) in [7, 11) is 2.38. The second-order valence-electron chi connectivity index (χ2n) is 5.72. The number of ether oxygens (including phenoxy) is 2. The molecule has 9 nitrogen and oxygen atoms in total. The van der Waals surface area contributed by atoms with Crippen molar-refractivity contribution in [2.75, 3.05) is 19.6 Å². The highest BCUT2D eigenvalue weighted by Gasteiger charge is 2.20. The minimum atomic E-state index is -0.780. The molecule has 1 aliphatic rings. The maximum absolute atomic E-state index is 12.4. The Hall–Kier alpha value is -2.75. The van der Waals surface area contributed by atoms with Crippen LogP contribution < -0.4 is 11.0 Å². The summed E-state index contributed by atoms with van der Waals surface area (Å²) in [5.41, 5.74) is 3.17. The number of rotatable bonds is 5. The molecule has 0 unspecified atom stereocenters. The van der Waals surface area contributed by atoms with Crippen LogP contribution in [-0.2, 0) is 31.9 Å². The Morgan fingerprint density at radius 3 is 2.77 bits per heavy atom. The first-order valence-electron chi connectivity index (χ1n) is 8.05. The number of aromatic nitrogens is 2. The van der Waals surface area contributed by atoms with Crippen molar-refractivity contribution in [2.24, 2.45) is 5.10 Å². The van der Waals surface area contributed by atoms with E-state index in [1.54, 1.807) is 0 Å². The number of hydrogen-bond acceptors (Lipinski definition) is 9. The lowest BCUT2D eigenvalue weighted by atomic mass is 9.97. The molecule has 26 heavy (non-hydrogen) atoms. The van der Waals surface area contributed by atoms with Crippen LogP contribution in [0.15, 0.2) is 9.90 Å². The Kier molecular flexibility index (Phi) is 5.31. The zero-order valence-corrected chi connectivity index (χ0v) is 15.2. The monoisotopic (exact) mass is 378 g/mol. The number of esters is 2. The molecule has 0 amide bonds. The van der Waals surface area contributed by atoms with E-state index in [2.05, 4.69) is 30.0 Å². The van der Waals surface area contributed by atoms with E-state index in [1.807, 2.05) is 0 Å². The zero-order chi connectivity index (χ0) is 18.7. The maximum atomic E-state index is 12.4. The number of carbonyl (C=O) groups excluding carboxylic acids is 2. The van der Waals surface area contributed by atoms with Gasteiger partial charge in [-0.3, -0.25) is 14.6 Å². The van der Waals surface area contributed by atoms with E-state index in [4.69, 9.17) is 0 Å². The molecule has 0 bridgehead atoms. The van der Waals surface area contributed by atoms with Crippen molar-refractivity contribution in [1.29, 1.82) is 0 Å². The number of thiophene rings is 1. The van der Waals surface area contributed by atoms with E-state index in [0.29, 0.717) is 10.2 Å². The average Bonchev–Trinajstić information content (AvgIpc) is 3.02. The van der Waals surface area contributed by atoms with Gasteiger partial charge in [-0.25, -0.2) is 15.2 Å². The Morgan fingerprint density at radius 2 is 2.04 bits per heavy atom. The molecule has 0 atom stereocenters. The van der Waals surface area contributed by atoms with Crippen molar-refractivity contribution in [3.63, 3.8) is 0 Å². The number of hydrazone groups is 1. The molecule has 2 heterocycles. The van der Waals surface area contributed by atoms with Gasteiger partial charge in [-0.05, 0) is 31.2 Å². The van der Waals surface area contributed by atoms with Crippen LogP contribution >= 0.6 is 11.3 Å². The standard InChI is InChI=1S/C16H18N4O5S/c1-24-11(21)7-9(15(23)25-2)19-20-16-17-13(22)12-8-5-3-4-6-10(8)26-14(12)18-16/h3-7H2,1-2H3,(H2,17,18,20,22). The van der Waals surface area contributed by atoms with Gasteiger partial charge in [0.05, 0.1) is 26.0 Å². The fourth-order valence-corrected chi connectivity index (χ4v) is 4.08. The zero-order valence-electron chi connectivity index (χ0n) is 14.4. The van der Waals surface area contributed by atoms with Crippen LogP contribution in [0.5, 0.6) is 0 Å². The maximum Gasteiger partial charge on any atom is 0.354 e. The van der Waals surface area contributed by atoms with Crippen LogP contribution in [0.4, 0.5) is 5.95 Å². The third-order valence-corrected chi connectivity index (χ3v) is 5.27. The molecule has 2 N–H and O–H groups in total. The fourth-order valence-electron chi connectivity index (χ4n) is 2.82. The number of methoxy groups -OCH3 is 2. The van der Waals surface area contributed by atoms with Gasteiger partial charge in [0.15, 0.2) is 5.71 Å². The van der Waals surface area contributed by atoms with Gasteiger partial charge in [-0.15, -0.1) is 11.3 Å². The largest absolute Gasteiger partial charge is 0.469 e. The van der Waals surface area contributed by atoms with Gasteiger partial charge in [0, 0.05) is 4.88 Å². The summed E-state index contributed by atoms with van der Waals surface area (Å²) in [4.78, 5) is 44.4. The first-order valence-corrected chi connectivity index (χ1v) is 8.87. The smallest absolute Gasteiger partial charge is 0.354 e. The van der Waals surface area contributed by atoms with Crippen molar-refractivity contribution in [3.8, 4) is 0 Å². The molecule has 0 spiro atoms. The van der Waals surface area contributed by atoms with Crippen LogP contribution in [0.2, 0.25) is 0 Å². The summed E-state index contributed by atoms with van der Waals surface area (Å²) in [6, 6.07) is 0. The Morgan fingerprint density at radius 1 is 1.27 bits per heavy atom. The Labute approximate surface area is 152 Å². The lowest BCUT2D eigenvalue weighted by molar-refractivity contribution is -0.140. The van der Waals surface area contributed by atoms with E-state index in [-0.39, 0.29) is 23.6 Å². The number of anilines is 1. The van der Waals surface area contributed by atoms with Crippen LogP contribution in [0.25, 0.3) is 10.2 Å².